The van der Waals surface area contributed by atoms with E-state index in [-0.39, 0.29) is 11.1 Å². The van der Waals surface area contributed by atoms with Crippen LogP contribution in [0.2, 0.25) is 0 Å². The standard InChI is InChI=1S/C18H24N4/c1-17(2,3)21-11-14(19-12-21)10-18(4,5)22-13-20-15-8-6-7-9-16(15)22/h6-9,11-13H,10H2,1-5H3. The van der Waals surface area contributed by atoms with E-state index in [1.165, 1.54) is 5.52 Å². The maximum atomic E-state index is 4.59. The van der Waals surface area contributed by atoms with Crippen LogP contribution in [0.15, 0.2) is 43.1 Å². The summed E-state index contributed by atoms with van der Waals surface area (Å²) in [5.74, 6) is 0. The van der Waals surface area contributed by atoms with Gasteiger partial charge in [-0.25, -0.2) is 9.97 Å². The summed E-state index contributed by atoms with van der Waals surface area (Å²) in [6, 6.07) is 8.26. The lowest BCUT2D eigenvalue weighted by molar-refractivity contribution is 0.358. The molecule has 0 saturated carbocycles. The van der Waals surface area contributed by atoms with Gasteiger partial charge in [-0.05, 0) is 46.8 Å². The number of aromatic nitrogens is 4. The van der Waals surface area contributed by atoms with Gasteiger partial charge in [-0.2, -0.15) is 0 Å². The highest BCUT2D eigenvalue weighted by atomic mass is 15.1. The van der Waals surface area contributed by atoms with Gasteiger partial charge in [-0.3, -0.25) is 0 Å². The smallest absolute Gasteiger partial charge is 0.0963 e. The second-order valence-corrected chi connectivity index (χ2v) is 7.54. The lowest BCUT2D eigenvalue weighted by atomic mass is 9.98. The zero-order valence-corrected chi connectivity index (χ0v) is 14.0. The van der Waals surface area contributed by atoms with E-state index in [4.69, 9.17) is 0 Å². The van der Waals surface area contributed by atoms with E-state index in [0.717, 1.165) is 17.6 Å². The van der Waals surface area contributed by atoms with Crippen LogP contribution in [-0.4, -0.2) is 19.1 Å². The second-order valence-electron chi connectivity index (χ2n) is 7.54. The van der Waals surface area contributed by atoms with Crippen molar-refractivity contribution in [3.8, 4) is 0 Å². The molecule has 0 saturated heterocycles. The first-order chi connectivity index (χ1) is 10.3. The molecular formula is C18H24N4. The second kappa shape index (κ2) is 4.97. The number of nitrogens with zero attached hydrogens (tertiary/aromatic N) is 4. The van der Waals surface area contributed by atoms with Gasteiger partial charge in [0.05, 0.1) is 29.4 Å². The molecule has 0 spiro atoms. The van der Waals surface area contributed by atoms with Crippen LogP contribution in [0.1, 0.15) is 40.3 Å². The van der Waals surface area contributed by atoms with E-state index in [9.17, 15) is 0 Å². The van der Waals surface area contributed by atoms with Crippen LogP contribution in [0.5, 0.6) is 0 Å². The summed E-state index contributed by atoms with van der Waals surface area (Å²) in [5, 5.41) is 0. The van der Waals surface area contributed by atoms with Gasteiger partial charge in [0.25, 0.3) is 0 Å². The number of rotatable bonds is 3. The third-order valence-electron chi connectivity index (χ3n) is 4.13. The van der Waals surface area contributed by atoms with Crippen molar-refractivity contribution in [1.29, 1.82) is 0 Å². The molecule has 0 unspecified atom stereocenters. The van der Waals surface area contributed by atoms with Gasteiger partial charge in [0.15, 0.2) is 0 Å². The molecular weight excluding hydrogens is 272 g/mol. The predicted octanol–water partition coefficient (Wildman–Crippen LogP) is 3.97. The third-order valence-corrected chi connectivity index (χ3v) is 4.13. The number of para-hydroxylation sites is 2. The average molecular weight is 296 g/mol. The minimum Gasteiger partial charge on any atom is -0.332 e. The Balaban J connectivity index is 1.92. The first kappa shape index (κ1) is 14.8. The summed E-state index contributed by atoms with van der Waals surface area (Å²) in [6.45, 7) is 11.0. The van der Waals surface area contributed by atoms with Crippen molar-refractivity contribution in [3.63, 3.8) is 0 Å². The van der Waals surface area contributed by atoms with Crippen LogP contribution in [0.3, 0.4) is 0 Å². The topological polar surface area (TPSA) is 35.6 Å². The first-order valence-corrected chi connectivity index (χ1v) is 7.73. The van der Waals surface area contributed by atoms with Crippen molar-refractivity contribution >= 4 is 11.0 Å². The molecule has 3 rings (SSSR count). The van der Waals surface area contributed by atoms with Gasteiger partial charge in [-0.15, -0.1) is 0 Å². The SMILES string of the molecule is CC(C)(C)n1cnc(CC(C)(C)n2cnc3ccccc32)c1. The van der Waals surface area contributed by atoms with Gasteiger partial charge in [0.2, 0.25) is 0 Å². The van der Waals surface area contributed by atoms with Gasteiger partial charge in [-0.1, -0.05) is 12.1 Å². The number of hydrogen-bond donors (Lipinski definition) is 0. The molecule has 2 heterocycles. The number of fused-ring (bicyclic) bond motifs is 1. The molecule has 0 aliphatic rings. The Morgan fingerprint density at radius 3 is 2.36 bits per heavy atom. The Morgan fingerprint density at radius 1 is 0.955 bits per heavy atom. The van der Waals surface area contributed by atoms with Crippen LogP contribution in [0.25, 0.3) is 11.0 Å². The highest BCUT2D eigenvalue weighted by Crippen LogP contribution is 2.26. The predicted molar refractivity (Wildman–Crippen MR) is 90.0 cm³/mol. The molecule has 0 amide bonds. The van der Waals surface area contributed by atoms with Gasteiger partial charge < -0.3 is 9.13 Å². The monoisotopic (exact) mass is 296 g/mol. The summed E-state index contributed by atoms with van der Waals surface area (Å²) in [5.41, 5.74) is 3.31. The van der Waals surface area contributed by atoms with E-state index < -0.39 is 0 Å². The molecule has 2 aromatic heterocycles. The molecule has 3 aromatic rings. The van der Waals surface area contributed by atoms with Crippen molar-refractivity contribution in [1.82, 2.24) is 19.1 Å². The van der Waals surface area contributed by atoms with E-state index in [0.29, 0.717) is 0 Å². The highest BCUT2D eigenvalue weighted by Gasteiger charge is 2.24. The van der Waals surface area contributed by atoms with Crippen molar-refractivity contribution < 1.29 is 0 Å². The molecule has 0 atom stereocenters. The molecule has 0 aliphatic carbocycles. The molecule has 1 aromatic carbocycles. The maximum Gasteiger partial charge on any atom is 0.0963 e. The normalized spacial score (nSPS) is 13.0. The van der Waals surface area contributed by atoms with Crippen LogP contribution in [0.4, 0.5) is 0 Å². The molecule has 0 aliphatic heterocycles. The lowest BCUT2D eigenvalue weighted by Crippen LogP contribution is -2.28. The van der Waals surface area contributed by atoms with Crippen molar-refractivity contribution in [3.05, 3.63) is 48.8 Å². The minimum absolute atomic E-state index is 0.0666. The molecule has 22 heavy (non-hydrogen) atoms. The zero-order valence-electron chi connectivity index (χ0n) is 14.0. The summed E-state index contributed by atoms with van der Waals surface area (Å²) in [4.78, 5) is 9.10. The van der Waals surface area contributed by atoms with Crippen LogP contribution < -0.4 is 0 Å². The lowest BCUT2D eigenvalue weighted by Gasteiger charge is -2.27. The zero-order chi connectivity index (χ0) is 16.0. The summed E-state index contributed by atoms with van der Waals surface area (Å²) in [7, 11) is 0. The number of hydrogen-bond acceptors (Lipinski definition) is 2. The molecule has 0 bridgehead atoms. The van der Waals surface area contributed by atoms with Crippen LogP contribution in [0, 0.1) is 0 Å². The van der Waals surface area contributed by atoms with E-state index in [1.54, 1.807) is 0 Å². The Kier molecular flexibility index (Phi) is 3.35. The van der Waals surface area contributed by atoms with Gasteiger partial charge in [0.1, 0.15) is 0 Å². The summed E-state index contributed by atoms with van der Waals surface area (Å²) >= 11 is 0. The Labute approximate surface area is 131 Å². The fourth-order valence-corrected chi connectivity index (χ4v) is 2.79. The first-order valence-electron chi connectivity index (χ1n) is 7.73. The molecule has 0 fully saturated rings. The molecule has 4 heteroatoms. The van der Waals surface area contributed by atoms with E-state index in [2.05, 4.69) is 78.1 Å². The maximum absolute atomic E-state index is 4.59. The van der Waals surface area contributed by atoms with Gasteiger partial charge >= 0.3 is 0 Å². The van der Waals surface area contributed by atoms with E-state index in [1.807, 2.05) is 18.7 Å². The van der Waals surface area contributed by atoms with Crippen molar-refractivity contribution in [2.24, 2.45) is 0 Å². The third kappa shape index (κ3) is 2.65. The number of benzene rings is 1. The molecule has 0 N–H and O–H groups in total. The summed E-state index contributed by atoms with van der Waals surface area (Å²) < 4.78 is 4.42. The van der Waals surface area contributed by atoms with Gasteiger partial charge in [0, 0.05) is 23.7 Å². The quantitative estimate of drug-likeness (QED) is 0.733. The Hall–Kier alpha value is -2.10. The van der Waals surface area contributed by atoms with Crippen LogP contribution in [-0.2, 0) is 17.5 Å². The fourth-order valence-electron chi connectivity index (χ4n) is 2.79. The minimum atomic E-state index is -0.0762. The van der Waals surface area contributed by atoms with Crippen LogP contribution >= 0.6 is 0 Å². The molecule has 116 valence electrons. The Bertz CT molecular complexity index is 787. The van der Waals surface area contributed by atoms with Crippen molar-refractivity contribution in [2.45, 2.75) is 52.1 Å². The molecule has 4 nitrogen and oxygen atoms in total. The fraction of sp³-hybridized carbons (Fsp3) is 0.444. The summed E-state index contributed by atoms with van der Waals surface area (Å²) in [6.07, 6.45) is 6.89. The Morgan fingerprint density at radius 2 is 1.68 bits per heavy atom. The van der Waals surface area contributed by atoms with Crippen molar-refractivity contribution in [2.75, 3.05) is 0 Å². The largest absolute Gasteiger partial charge is 0.332 e. The average Bonchev–Trinajstić information content (AvgIpc) is 3.03. The highest BCUT2D eigenvalue weighted by molar-refractivity contribution is 5.75. The molecule has 0 radical (unpaired) electrons. The van der Waals surface area contributed by atoms with E-state index >= 15 is 0 Å². The number of imidazole rings is 2.